The third-order valence-electron chi connectivity index (χ3n) is 12.8. The summed E-state index contributed by atoms with van der Waals surface area (Å²) in [5.74, 6) is -8.04. The summed E-state index contributed by atoms with van der Waals surface area (Å²) >= 11 is 0. The number of fused-ring (bicyclic) bond motifs is 1. The van der Waals surface area contributed by atoms with Crippen molar-refractivity contribution in [2.75, 3.05) is 19.8 Å². The number of carbonyl (C=O) groups excluding carboxylic acids is 2. The molecule has 5 aliphatic rings. The minimum Gasteiger partial charge on any atom is -0.571 e. The van der Waals surface area contributed by atoms with Gasteiger partial charge >= 0.3 is 17.7 Å². The number of hydrogen-bond donors (Lipinski definition) is 17. The van der Waals surface area contributed by atoms with Crippen molar-refractivity contribution >= 4 is 29.8 Å². The largest absolute Gasteiger partial charge is 0.571 e. The molecule has 4 aliphatic heterocycles. The van der Waals surface area contributed by atoms with Crippen LogP contribution >= 0.6 is 0 Å². The smallest absolute Gasteiger partial charge is 0.330 e. The van der Waals surface area contributed by atoms with Gasteiger partial charge in [0.05, 0.1) is 23.8 Å². The van der Waals surface area contributed by atoms with Gasteiger partial charge in [0.25, 0.3) is 0 Å². The van der Waals surface area contributed by atoms with Crippen LogP contribution in [-0.2, 0) is 42.7 Å². The predicted molar refractivity (Wildman–Crippen MR) is 259 cm³/mol. The van der Waals surface area contributed by atoms with E-state index in [0.29, 0.717) is 5.56 Å². The molecule has 8 rings (SSSR count). The van der Waals surface area contributed by atoms with Crippen LogP contribution in [0, 0.1) is 0 Å². The number of aromatic hydroxyl groups is 6. The summed E-state index contributed by atoms with van der Waals surface area (Å²) in [5.41, 5.74) is 0.281. The van der Waals surface area contributed by atoms with E-state index in [-0.39, 0.29) is 28.2 Å². The number of rotatable bonds is 16. The lowest BCUT2D eigenvalue weighted by Crippen LogP contribution is -2.60. The van der Waals surface area contributed by atoms with Gasteiger partial charge < -0.3 is 129 Å². The summed E-state index contributed by atoms with van der Waals surface area (Å²) in [4.78, 5) is 25.2. The highest BCUT2D eigenvalue weighted by molar-refractivity contribution is 5.87. The Kier molecular flexibility index (Phi) is 17.6. The first-order chi connectivity index (χ1) is 37.5. The minimum absolute atomic E-state index is 0.0569. The number of allylic oxidation sites excluding steroid dienone is 2. The van der Waals surface area contributed by atoms with Crippen molar-refractivity contribution in [3.63, 3.8) is 0 Å². The zero-order valence-corrected chi connectivity index (χ0v) is 40.7. The number of aliphatic hydroxyl groups is 13. The van der Waals surface area contributed by atoms with E-state index in [4.69, 9.17) is 37.9 Å². The molecule has 28 nitrogen and oxygen atoms in total. The number of hydrogen-bond acceptors (Lipinski definition) is 27. The molecule has 0 saturated carbocycles. The van der Waals surface area contributed by atoms with Crippen molar-refractivity contribution in [3.8, 4) is 40.2 Å². The monoisotopic (exact) mass is 1120 g/mol. The normalized spacial score (nSPS) is 31.8. The Morgan fingerprint density at radius 3 is 1.52 bits per heavy atom. The summed E-state index contributed by atoms with van der Waals surface area (Å²) < 4.78 is 49.7. The molecular weight excluding hydrogens is 1060 g/mol. The van der Waals surface area contributed by atoms with Crippen LogP contribution in [0.15, 0.2) is 102 Å². The second-order valence-electron chi connectivity index (χ2n) is 18.3. The highest BCUT2D eigenvalue weighted by Gasteiger charge is 2.50. The molecule has 16 atom stereocenters. The van der Waals surface area contributed by atoms with Gasteiger partial charge in [-0.2, -0.15) is 0 Å². The van der Waals surface area contributed by atoms with Gasteiger partial charge in [0.2, 0.25) is 36.5 Å². The summed E-state index contributed by atoms with van der Waals surface area (Å²) in [6, 6.07) is 9.33. The fraction of sp³-hybridized carbons (Fsp3) is 0.373. The first kappa shape index (κ1) is 57.5. The minimum atomic E-state index is -2.08. The zero-order chi connectivity index (χ0) is 57.1. The van der Waals surface area contributed by atoms with Gasteiger partial charge in [0, 0.05) is 36.4 Å². The van der Waals surface area contributed by atoms with Gasteiger partial charge in [-0.15, -0.1) is 0 Å². The van der Waals surface area contributed by atoms with Crippen molar-refractivity contribution in [3.05, 3.63) is 118 Å². The Morgan fingerprint density at radius 1 is 0.532 bits per heavy atom. The Bertz CT molecular complexity index is 2930. The molecule has 3 saturated heterocycles. The second kappa shape index (κ2) is 24.1. The predicted octanol–water partition coefficient (Wildman–Crippen LogP) is -2.89. The van der Waals surface area contributed by atoms with Gasteiger partial charge in [-0.3, -0.25) is 0 Å². The first-order valence-corrected chi connectivity index (χ1v) is 23.8. The van der Waals surface area contributed by atoms with Crippen LogP contribution in [0.1, 0.15) is 16.7 Å². The van der Waals surface area contributed by atoms with Crippen LogP contribution < -0.4 is 4.74 Å². The summed E-state index contributed by atoms with van der Waals surface area (Å²) in [7, 11) is 0. The average molecular weight is 1120 g/mol. The average Bonchev–Trinajstić information content (AvgIpc) is 3.54. The Labute approximate surface area is 444 Å². The van der Waals surface area contributed by atoms with Crippen molar-refractivity contribution in [1.82, 2.24) is 0 Å². The zero-order valence-electron chi connectivity index (χ0n) is 40.7. The number of esters is 2. The molecular formula is C51H55O28+. The van der Waals surface area contributed by atoms with Gasteiger partial charge in [0.1, 0.15) is 98.0 Å². The molecule has 3 aromatic rings. The lowest BCUT2D eigenvalue weighted by atomic mass is 9.96. The highest BCUT2D eigenvalue weighted by Crippen LogP contribution is 2.44. The molecule has 426 valence electrons. The maximum atomic E-state index is 12.6. The number of phenols is 6. The first-order valence-electron chi connectivity index (χ1n) is 23.8. The van der Waals surface area contributed by atoms with E-state index >= 15 is 0 Å². The fourth-order valence-corrected chi connectivity index (χ4v) is 8.45. The molecule has 0 bridgehead atoms. The van der Waals surface area contributed by atoms with Crippen LogP contribution in [0.3, 0.4) is 0 Å². The van der Waals surface area contributed by atoms with E-state index < -0.39 is 182 Å². The molecule has 0 aromatic heterocycles. The van der Waals surface area contributed by atoms with Gasteiger partial charge in [-0.1, -0.05) is 12.1 Å². The van der Waals surface area contributed by atoms with Gasteiger partial charge in [0.15, 0.2) is 34.5 Å². The quantitative estimate of drug-likeness (QED) is 0.0296. The fourth-order valence-electron chi connectivity index (χ4n) is 8.45. The Balaban J connectivity index is 1.06. The number of benzene rings is 3. The Hall–Kier alpha value is -7.68. The maximum absolute atomic E-state index is 12.6. The molecule has 0 radical (unpaired) electrons. The third-order valence-corrected chi connectivity index (χ3v) is 12.8. The number of aliphatic hydroxyl groups excluding tert-OH is 11. The molecule has 0 amide bonds. The van der Waals surface area contributed by atoms with E-state index in [1.54, 1.807) is 0 Å². The molecule has 1 aliphatic carbocycles. The SMILES string of the molecule is O=C(C=Cc1ccc(O)c(O)c1)OCC1OC(OC2=CC(O)=CC3[OH+]C(c4cc(O)c(O)c(OC5OC(COC(=O)C=Cc6ccc(O)c(O)c6)C(O)C(O)C5O)c4)=C(OC4OC(CO)C(O)C(O)C4O)C=C23)C(O)C(O)C1O. The number of ether oxygens (including phenoxy) is 9. The molecule has 16 unspecified atom stereocenters. The lowest BCUT2D eigenvalue weighted by Gasteiger charge is -2.41. The van der Waals surface area contributed by atoms with Gasteiger partial charge in [-0.25, -0.2) is 9.59 Å². The van der Waals surface area contributed by atoms with Crippen LogP contribution in [0.5, 0.6) is 40.2 Å². The molecule has 3 fully saturated rings. The summed E-state index contributed by atoms with van der Waals surface area (Å²) in [5, 5.41) is 179. The molecule has 28 heteroatoms. The third kappa shape index (κ3) is 12.8. The van der Waals surface area contributed by atoms with Crippen molar-refractivity contribution in [1.29, 1.82) is 0 Å². The molecule has 4 heterocycles. The van der Waals surface area contributed by atoms with E-state index in [1.807, 2.05) is 0 Å². The maximum Gasteiger partial charge on any atom is 0.330 e. The van der Waals surface area contributed by atoms with Gasteiger partial charge in [-0.05, 0) is 47.5 Å². The van der Waals surface area contributed by atoms with E-state index in [2.05, 4.69) is 4.74 Å². The molecule has 79 heavy (non-hydrogen) atoms. The second-order valence-corrected chi connectivity index (χ2v) is 18.3. The molecule has 3 aromatic carbocycles. The van der Waals surface area contributed by atoms with E-state index in [0.717, 1.165) is 54.6 Å². The standard InChI is InChI=1S/C51H54O28/c52-16-33-39(62)42(65)45(68)51(77-33)76-32-15-23-29(13-22(53)14-30(23)74-49-46(69)43(66)40(63)34(78-49)17-71-36(59)7-3-19-1-5-24(54)26(56)9-19)73-48(32)21-11-28(58)38(61)31(12-21)75-50-47(70)44(67)41(64)35(79-50)18-72-37(60)8-4-20-2-6-25(55)27(57)10-20/h1-15,29,33-35,39-47,49-58,61-70H,16-18H2/p+1. The van der Waals surface area contributed by atoms with Crippen LogP contribution in [0.4, 0.5) is 0 Å². The van der Waals surface area contributed by atoms with Crippen molar-refractivity contribution in [2.24, 2.45) is 0 Å². The highest BCUT2D eigenvalue weighted by atomic mass is 16.7. The van der Waals surface area contributed by atoms with Crippen molar-refractivity contribution < 1.29 is 139 Å². The molecule has 0 spiro atoms. The topological polar surface area (TPSA) is 465 Å². The number of carbonyl (C=O) groups is 2. The van der Waals surface area contributed by atoms with E-state index in [9.17, 15) is 96.4 Å². The van der Waals surface area contributed by atoms with Crippen LogP contribution in [0.2, 0.25) is 0 Å². The Morgan fingerprint density at radius 2 is 1.01 bits per heavy atom. The summed E-state index contributed by atoms with van der Waals surface area (Å²) in [6.07, 6.45) is -21.9. The lowest BCUT2D eigenvalue weighted by molar-refractivity contribution is -0.292. The van der Waals surface area contributed by atoms with E-state index in [1.165, 1.54) is 36.4 Å². The van der Waals surface area contributed by atoms with Crippen LogP contribution in [0.25, 0.3) is 17.9 Å². The number of phenolic OH excluding ortho intramolecular Hbond substituents is 6. The van der Waals surface area contributed by atoms with Crippen LogP contribution in [-0.4, -0.2) is 222 Å². The van der Waals surface area contributed by atoms with Crippen molar-refractivity contribution in [2.45, 2.75) is 98.2 Å². The summed E-state index contributed by atoms with van der Waals surface area (Å²) in [6.45, 7) is -2.37. The molecule has 18 N–H and O–H groups in total.